The van der Waals surface area contributed by atoms with Crippen LogP contribution in [0.3, 0.4) is 0 Å². The number of alkyl halides is 3. The Kier molecular flexibility index (Phi) is 6.00. The van der Waals surface area contributed by atoms with Gasteiger partial charge in [-0.3, -0.25) is 4.79 Å². The summed E-state index contributed by atoms with van der Waals surface area (Å²) in [6.07, 6.45) is -4.61. The zero-order valence-corrected chi connectivity index (χ0v) is 13.2. The summed E-state index contributed by atoms with van der Waals surface area (Å²) < 4.78 is 45.1. The van der Waals surface area contributed by atoms with E-state index in [2.05, 4.69) is 25.5 Å². The molecule has 6 heteroatoms. The maximum atomic E-state index is 11.9. The van der Waals surface area contributed by atoms with E-state index in [-0.39, 0.29) is 18.4 Å². The van der Waals surface area contributed by atoms with E-state index in [0.29, 0.717) is 5.75 Å². The van der Waals surface area contributed by atoms with Crippen molar-refractivity contribution < 1.29 is 27.4 Å². The first-order valence-electron chi connectivity index (χ1n) is 6.95. The first-order chi connectivity index (χ1) is 9.99. The Balaban J connectivity index is 2.51. The van der Waals surface area contributed by atoms with E-state index in [1.165, 1.54) is 0 Å². The molecule has 0 heterocycles. The lowest BCUT2D eigenvalue weighted by Gasteiger charge is -2.20. The average molecular weight is 318 g/mol. The van der Waals surface area contributed by atoms with Gasteiger partial charge in [-0.2, -0.15) is 13.2 Å². The first kappa shape index (κ1) is 18.5. The minimum atomic E-state index is -4.39. The second-order valence-electron chi connectivity index (χ2n) is 6.12. The molecule has 0 radical (unpaired) electrons. The fourth-order valence-corrected chi connectivity index (χ4v) is 1.75. The molecule has 0 bridgehead atoms. The molecule has 0 atom stereocenters. The van der Waals surface area contributed by atoms with E-state index >= 15 is 0 Å². The number of hydrogen-bond acceptors (Lipinski definition) is 3. The van der Waals surface area contributed by atoms with Crippen LogP contribution < -0.4 is 4.74 Å². The lowest BCUT2D eigenvalue weighted by atomic mass is 9.86. The van der Waals surface area contributed by atoms with E-state index in [1.54, 1.807) is 6.07 Å². The van der Waals surface area contributed by atoms with Crippen molar-refractivity contribution in [1.29, 1.82) is 0 Å². The Morgan fingerprint density at radius 1 is 1.18 bits per heavy atom. The lowest BCUT2D eigenvalue weighted by Crippen LogP contribution is -2.19. The molecule has 0 saturated carbocycles. The van der Waals surface area contributed by atoms with Crippen LogP contribution in [0.1, 0.15) is 38.3 Å². The number of aryl methyl sites for hydroxylation is 1. The molecule has 0 aliphatic carbocycles. The zero-order valence-electron chi connectivity index (χ0n) is 13.2. The van der Waals surface area contributed by atoms with Crippen LogP contribution in [0.4, 0.5) is 13.2 Å². The van der Waals surface area contributed by atoms with E-state index < -0.39 is 18.8 Å². The smallest absolute Gasteiger partial charge is 0.411 e. The molecule has 1 rings (SSSR count). The van der Waals surface area contributed by atoms with Crippen molar-refractivity contribution in [3.8, 4) is 5.75 Å². The molecule has 1 aromatic rings. The molecular weight excluding hydrogens is 297 g/mol. The second-order valence-corrected chi connectivity index (χ2v) is 6.12. The number of benzene rings is 1. The Labute approximate surface area is 128 Å². The molecule has 1 aromatic carbocycles. The van der Waals surface area contributed by atoms with Gasteiger partial charge >= 0.3 is 12.1 Å². The fraction of sp³-hybridized carbons (Fsp3) is 0.562. The highest BCUT2D eigenvalue weighted by Gasteiger charge is 2.27. The van der Waals surface area contributed by atoms with Crippen LogP contribution in [-0.4, -0.2) is 25.4 Å². The number of rotatable bonds is 5. The van der Waals surface area contributed by atoms with Crippen LogP contribution in [0.2, 0.25) is 0 Å². The first-order valence-corrected chi connectivity index (χ1v) is 6.95. The van der Waals surface area contributed by atoms with Gasteiger partial charge < -0.3 is 9.47 Å². The summed E-state index contributed by atoms with van der Waals surface area (Å²) in [7, 11) is 0. The van der Waals surface area contributed by atoms with Crippen LogP contribution >= 0.6 is 0 Å². The molecule has 22 heavy (non-hydrogen) atoms. The zero-order chi connectivity index (χ0) is 17.0. The Bertz CT molecular complexity index is 516. The summed E-state index contributed by atoms with van der Waals surface area (Å²) in [6.45, 7) is 6.36. The number of carbonyl (C=O) groups excluding carboxylic acids is 1. The van der Waals surface area contributed by atoms with Gasteiger partial charge in [-0.1, -0.05) is 32.9 Å². The van der Waals surface area contributed by atoms with Crippen molar-refractivity contribution in [3.05, 3.63) is 29.3 Å². The Morgan fingerprint density at radius 2 is 1.82 bits per heavy atom. The molecule has 0 aromatic heterocycles. The molecule has 0 fully saturated rings. The van der Waals surface area contributed by atoms with Crippen LogP contribution in [-0.2, 0) is 14.9 Å². The summed E-state index contributed by atoms with van der Waals surface area (Å²) in [5.74, 6) is -0.206. The third-order valence-corrected chi connectivity index (χ3v) is 2.98. The normalized spacial score (nSPS) is 12.3. The third-order valence-electron chi connectivity index (χ3n) is 2.98. The van der Waals surface area contributed by atoms with Crippen molar-refractivity contribution >= 4 is 5.97 Å². The van der Waals surface area contributed by atoms with Gasteiger partial charge in [0, 0.05) is 0 Å². The monoisotopic (exact) mass is 318 g/mol. The molecule has 0 aliphatic rings. The number of carbonyl (C=O) groups is 1. The summed E-state index contributed by atoms with van der Waals surface area (Å²) in [4.78, 5) is 11.6. The molecular formula is C16H21F3O3. The van der Waals surface area contributed by atoms with Crippen LogP contribution in [0.15, 0.2) is 18.2 Å². The highest BCUT2D eigenvalue weighted by molar-refractivity contribution is 5.72. The van der Waals surface area contributed by atoms with Crippen LogP contribution in [0, 0.1) is 6.92 Å². The van der Waals surface area contributed by atoms with E-state index in [4.69, 9.17) is 4.74 Å². The highest BCUT2D eigenvalue weighted by atomic mass is 19.4. The van der Waals surface area contributed by atoms with Crippen molar-refractivity contribution in [2.75, 3.05) is 13.2 Å². The van der Waals surface area contributed by atoms with Gasteiger partial charge in [-0.25, -0.2) is 0 Å². The molecule has 0 spiro atoms. The SMILES string of the molecule is Cc1cc(C(C)(C)C)ccc1OC(=O)CCOCC(F)(F)F. The summed E-state index contributed by atoms with van der Waals surface area (Å²) in [5, 5.41) is 0. The van der Waals surface area contributed by atoms with Gasteiger partial charge in [0.1, 0.15) is 12.4 Å². The average Bonchev–Trinajstić information content (AvgIpc) is 2.35. The van der Waals surface area contributed by atoms with Crippen LogP contribution in [0.5, 0.6) is 5.75 Å². The summed E-state index contributed by atoms with van der Waals surface area (Å²) >= 11 is 0. The highest BCUT2D eigenvalue weighted by Crippen LogP contribution is 2.27. The molecule has 0 saturated heterocycles. The minimum Gasteiger partial charge on any atom is -0.426 e. The van der Waals surface area contributed by atoms with Crippen molar-refractivity contribution in [1.82, 2.24) is 0 Å². The molecule has 0 N–H and O–H groups in total. The van der Waals surface area contributed by atoms with E-state index in [1.807, 2.05) is 19.1 Å². The molecule has 0 unspecified atom stereocenters. The summed E-state index contributed by atoms with van der Waals surface area (Å²) in [5.41, 5.74) is 1.90. The maximum absolute atomic E-state index is 11.9. The Hall–Kier alpha value is -1.56. The van der Waals surface area contributed by atoms with Crippen LogP contribution in [0.25, 0.3) is 0 Å². The van der Waals surface area contributed by atoms with Gasteiger partial charge in [0.25, 0.3) is 0 Å². The molecule has 3 nitrogen and oxygen atoms in total. The lowest BCUT2D eigenvalue weighted by molar-refractivity contribution is -0.175. The Morgan fingerprint density at radius 3 is 2.32 bits per heavy atom. The largest absolute Gasteiger partial charge is 0.426 e. The predicted octanol–water partition coefficient (Wildman–Crippen LogP) is 4.17. The predicted molar refractivity (Wildman–Crippen MR) is 77.0 cm³/mol. The van der Waals surface area contributed by atoms with Gasteiger partial charge in [-0.05, 0) is 29.5 Å². The number of halogens is 3. The fourth-order valence-electron chi connectivity index (χ4n) is 1.75. The van der Waals surface area contributed by atoms with E-state index in [9.17, 15) is 18.0 Å². The van der Waals surface area contributed by atoms with Gasteiger partial charge in [-0.15, -0.1) is 0 Å². The number of hydrogen-bond donors (Lipinski definition) is 0. The van der Waals surface area contributed by atoms with Gasteiger partial charge in [0.05, 0.1) is 13.0 Å². The number of esters is 1. The van der Waals surface area contributed by atoms with Gasteiger partial charge in [0.2, 0.25) is 0 Å². The maximum Gasteiger partial charge on any atom is 0.411 e. The standard InChI is InChI=1S/C16H21F3O3/c1-11-9-12(15(2,3)4)5-6-13(11)22-14(20)7-8-21-10-16(17,18)19/h5-6,9H,7-8,10H2,1-4H3. The number of ether oxygens (including phenoxy) is 2. The van der Waals surface area contributed by atoms with Crippen molar-refractivity contribution in [2.45, 2.75) is 45.7 Å². The van der Waals surface area contributed by atoms with Crippen molar-refractivity contribution in [2.24, 2.45) is 0 Å². The minimum absolute atomic E-state index is 0.0151. The van der Waals surface area contributed by atoms with Crippen molar-refractivity contribution in [3.63, 3.8) is 0 Å². The molecule has 0 amide bonds. The van der Waals surface area contributed by atoms with Gasteiger partial charge in [0.15, 0.2) is 0 Å². The quantitative estimate of drug-likeness (QED) is 0.464. The third kappa shape index (κ3) is 6.47. The van der Waals surface area contributed by atoms with E-state index in [0.717, 1.165) is 11.1 Å². The second kappa shape index (κ2) is 7.13. The summed E-state index contributed by atoms with van der Waals surface area (Å²) in [6, 6.07) is 5.50. The molecule has 124 valence electrons. The topological polar surface area (TPSA) is 35.5 Å². The molecule has 0 aliphatic heterocycles.